The number of hydrogen-bond acceptors (Lipinski definition) is 4. The summed E-state index contributed by atoms with van der Waals surface area (Å²) in [5.74, 6) is 0. The monoisotopic (exact) mass is 380 g/mol. The van der Waals surface area contributed by atoms with Crippen molar-refractivity contribution in [2.45, 2.75) is 6.42 Å². The third-order valence-corrected chi connectivity index (χ3v) is 4.75. The van der Waals surface area contributed by atoms with Crippen molar-refractivity contribution < 1.29 is 0 Å². The van der Waals surface area contributed by atoms with E-state index in [2.05, 4.69) is 22.8 Å². The average molecular weight is 380 g/mol. The van der Waals surface area contributed by atoms with Gasteiger partial charge in [0.1, 0.15) is 0 Å². The van der Waals surface area contributed by atoms with Gasteiger partial charge in [-0.3, -0.25) is 0 Å². The normalized spacial score (nSPS) is 10.5. The first-order valence-electron chi connectivity index (χ1n) is 9.58. The first-order valence-corrected chi connectivity index (χ1v) is 9.58. The highest BCUT2D eigenvalue weighted by Crippen LogP contribution is 2.28. The SMILES string of the molecule is Nc1cc(Cc2ccc(Nc3ccccc3)c(N)c2)ccc1Nc1ccccc1. The molecule has 4 aromatic rings. The van der Waals surface area contributed by atoms with Gasteiger partial charge in [0.25, 0.3) is 0 Å². The molecule has 0 heterocycles. The number of benzene rings is 4. The molecule has 0 aliphatic carbocycles. The number of nitrogens with two attached hydrogens (primary N) is 2. The molecule has 0 unspecified atom stereocenters. The van der Waals surface area contributed by atoms with Gasteiger partial charge in [-0.2, -0.15) is 0 Å². The Morgan fingerprint density at radius 1 is 0.517 bits per heavy atom. The molecule has 0 aliphatic heterocycles. The van der Waals surface area contributed by atoms with Crippen molar-refractivity contribution >= 4 is 34.1 Å². The van der Waals surface area contributed by atoms with Crippen LogP contribution in [0.25, 0.3) is 0 Å². The Kier molecular flexibility index (Phi) is 5.34. The first kappa shape index (κ1) is 18.4. The van der Waals surface area contributed by atoms with Crippen molar-refractivity contribution in [2.75, 3.05) is 22.1 Å². The third kappa shape index (κ3) is 4.68. The highest BCUT2D eigenvalue weighted by atomic mass is 14.9. The largest absolute Gasteiger partial charge is 0.397 e. The summed E-state index contributed by atoms with van der Waals surface area (Å²) in [5, 5.41) is 6.70. The summed E-state index contributed by atoms with van der Waals surface area (Å²) in [5.41, 5.74) is 20.1. The van der Waals surface area contributed by atoms with E-state index in [0.717, 1.165) is 51.7 Å². The second kappa shape index (κ2) is 8.40. The Morgan fingerprint density at radius 3 is 1.31 bits per heavy atom. The van der Waals surface area contributed by atoms with Crippen LogP contribution in [0.1, 0.15) is 11.1 Å². The van der Waals surface area contributed by atoms with E-state index in [1.807, 2.05) is 84.9 Å². The molecule has 144 valence electrons. The van der Waals surface area contributed by atoms with Crippen molar-refractivity contribution in [1.82, 2.24) is 0 Å². The van der Waals surface area contributed by atoms with Gasteiger partial charge in [0.05, 0.1) is 22.7 Å². The lowest BCUT2D eigenvalue weighted by molar-refractivity contribution is 1.20. The third-order valence-electron chi connectivity index (χ3n) is 4.75. The van der Waals surface area contributed by atoms with Crippen molar-refractivity contribution in [2.24, 2.45) is 0 Å². The van der Waals surface area contributed by atoms with Gasteiger partial charge in [-0.05, 0) is 66.1 Å². The van der Waals surface area contributed by atoms with Crippen molar-refractivity contribution in [3.05, 3.63) is 108 Å². The molecular formula is C25H24N4. The minimum Gasteiger partial charge on any atom is -0.397 e. The predicted octanol–water partition coefficient (Wildman–Crippen LogP) is 5.93. The molecular weight excluding hydrogens is 356 g/mol. The Hall–Kier alpha value is -3.92. The van der Waals surface area contributed by atoms with E-state index in [9.17, 15) is 0 Å². The van der Waals surface area contributed by atoms with Crippen LogP contribution in [-0.2, 0) is 6.42 Å². The molecule has 29 heavy (non-hydrogen) atoms. The van der Waals surface area contributed by atoms with Crippen LogP contribution in [0, 0.1) is 0 Å². The number of anilines is 6. The maximum atomic E-state index is 6.27. The molecule has 4 rings (SSSR count). The lowest BCUT2D eigenvalue weighted by Gasteiger charge is -2.13. The Labute approximate surface area is 171 Å². The zero-order valence-electron chi connectivity index (χ0n) is 16.1. The van der Waals surface area contributed by atoms with Crippen LogP contribution in [0.5, 0.6) is 0 Å². The molecule has 4 heteroatoms. The van der Waals surface area contributed by atoms with E-state index in [-0.39, 0.29) is 0 Å². The lowest BCUT2D eigenvalue weighted by Crippen LogP contribution is -2.00. The van der Waals surface area contributed by atoms with Gasteiger partial charge < -0.3 is 22.1 Å². The Bertz CT molecular complexity index is 1000. The van der Waals surface area contributed by atoms with Gasteiger partial charge in [-0.1, -0.05) is 48.5 Å². The number of nitrogens with one attached hydrogen (secondary N) is 2. The second-order valence-electron chi connectivity index (χ2n) is 7.00. The molecule has 0 atom stereocenters. The van der Waals surface area contributed by atoms with Crippen molar-refractivity contribution in [3.63, 3.8) is 0 Å². The van der Waals surface area contributed by atoms with Gasteiger partial charge in [0, 0.05) is 11.4 Å². The minimum atomic E-state index is 0.724. The molecule has 0 radical (unpaired) electrons. The quantitative estimate of drug-likeness (QED) is 0.313. The topological polar surface area (TPSA) is 76.1 Å². The molecule has 0 spiro atoms. The van der Waals surface area contributed by atoms with Gasteiger partial charge in [0.2, 0.25) is 0 Å². The first-order chi connectivity index (χ1) is 14.2. The molecule has 0 aromatic heterocycles. The molecule has 0 saturated carbocycles. The zero-order chi connectivity index (χ0) is 20.1. The van der Waals surface area contributed by atoms with Gasteiger partial charge in [-0.15, -0.1) is 0 Å². The smallest absolute Gasteiger partial charge is 0.0618 e. The summed E-state index contributed by atoms with van der Waals surface area (Å²) in [7, 11) is 0. The number of hydrogen-bond donors (Lipinski definition) is 4. The number of nitrogen functional groups attached to an aromatic ring is 2. The molecule has 0 amide bonds. The second-order valence-corrected chi connectivity index (χ2v) is 7.00. The molecule has 0 saturated heterocycles. The zero-order valence-corrected chi connectivity index (χ0v) is 16.1. The van der Waals surface area contributed by atoms with E-state index in [1.165, 1.54) is 0 Å². The summed E-state index contributed by atoms with van der Waals surface area (Å²) in [4.78, 5) is 0. The van der Waals surface area contributed by atoms with Crippen LogP contribution >= 0.6 is 0 Å². The maximum absolute atomic E-state index is 6.27. The van der Waals surface area contributed by atoms with Crippen LogP contribution in [0.3, 0.4) is 0 Å². The highest BCUT2D eigenvalue weighted by molar-refractivity contribution is 5.74. The van der Waals surface area contributed by atoms with E-state index in [0.29, 0.717) is 0 Å². The fourth-order valence-electron chi connectivity index (χ4n) is 3.26. The van der Waals surface area contributed by atoms with Gasteiger partial charge in [-0.25, -0.2) is 0 Å². The summed E-state index contributed by atoms with van der Waals surface area (Å²) in [6.45, 7) is 0. The predicted molar refractivity (Wildman–Crippen MR) is 124 cm³/mol. The van der Waals surface area contributed by atoms with Crippen LogP contribution in [0.4, 0.5) is 34.1 Å². The van der Waals surface area contributed by atoms with Crippen LogP contribution in [0.15, 0.2) is 97.1 Å². The molecule has 0 aliphatic rings. The fraction of sp³-hybridized carbons (Fsp3) is 0.0400. The number of para-hydroxylation sites is 2. The molecule has 0 fully saturated rings. The fourth-order valence-corrected chi connectivity index (χ4v) is 3.26. The summed E-state index contributed by atoms with van der Waals surface area (Å²) in [6.07, 6.45) is 0.769. The standard InChI is InChI=1S/C25H24N4/c26-22-16-18(11-13-24(22)28-20-7-3-1-4-8-20)15-19-12-14-25(23(27)17-19)29-21-9-5-2-6-10-21/h1-14,16-17,28-29H,15,26-27H2. The van der Waals surface area contributed by atoms with Crippen molar-refractivity contribution in [1.29, 1.82) is 0 Å². The van der Waals surface area contributed by atoms with Crippen LogP contribution in [-0.4, -0.2) is 0 Å². The highest BCUT2D eigenvalue weighted by Gasteiger charge is 2.05. The van der Waals surface area contributed by atoms with E-state index in [4.69, 9.17) is 11.5 Å². The Balaban J connectivity index is 1.46. The molecule has 4 aromatic carbocycles. The van der Waals surface area contributed by atoms with E-state index < -0.39 is 0 Å². The van der Waals surface area contributed by atoms with E-state index in [1.54, 1.807) is 0 Å². The molecule has 4 nitrogen and oxygen atoms in total. The average Bonchev–Trinajstić information content (AvgIpc) is 2.74. The van der Waals surface area contributed by atoms with Crippen LogP contribution < -0.4 is 22.1 Å². The van der Waals surface area contributed by atoms with E-state index >= 15 is 0 Å². The summed E-state index contributed by atoms with van der Waals surface area (Å²) < 4.78 is 0. The van der Waals surface area contributed by atoms with Gasteiger partial charge >= 0.3 is 0 Å². The summed E-state index contributed by atoms with van der Waals surface area (Å²) in [6, 6.07) is 32.3. The maximum Gasteiger partial charge on any atom is 0.0618 e. The molecule has 6 N–H and O–H groups in total. The van der Waals surface area contributed by atoms with Crippen LogP contribution in [0.2, 0.25) is 0 Å². The number of rotatable bonds is 6. The minimum absolute atomic E-state index is 0.724. The Morgan fingerprint density at radius 2 is 0.931 bits per heavy atom. The summed E-state index contributed by atoms with van der Waals surface area (Å²) >= 11 is 0. The molecule has 0 bridgehead atoms. The van der Waals surface area contributed by atoms with Gasteiger partial charge in [0.15, 0.2) is 0 Å². The van der Waals surface area contributed by atoms with Crippen molar-refractivity contribution in [3.8, 4) is 0 Å². The lowest BCUT2D eigenvalue weighted by atomic mass is 10.0.